The van der Waals surface area contributed by atoms with Crippen molar-refractivity contribution >= 4 is 17.7 Å². The van der Waals surface area contributed by atoms with E-state index in [1.54, 1.807) is 24.3 Å². The van der Waals surface area contributed by atoms with Crippen LogP contribution in [0, 0.1) is 0 Å². The van der Waals surface area contributed by atoms with Gasteiger partial charge in [-0.05, 0) is 57.0 Å². The number of benzene rings is 2. The van der Waals surface area contributed by atoms with E-state index < -0.39 is 0 Å². The molecule has 0 aliphatic carbocycles. The molecule has 0 radical (unpaired) electrons. The van der Waals surface area contributed by atoms with Gasteiger partial charge in [0.25, 0.3) is 11.8 Å². The highest BCUT2D eigenvalue weighted by atomic mass is 16.5. The van der Waals surface area contributed by atoms with E-state index in [9.17, 15) is 14.4 Å². The molecule has 1 aliphatic heterocycles. The number of carbonyl (C=O) groups excluding carboxylic acids is 3. The van der Waals surface area contributed by atoms with Crippen LogP contribution in [0.5, 0.6) is 11.5 Å². The highest BCUT2D eigenvalue weighted by Gasteiger charge is 2.34. The Morgan fingerprint density at radius 2 is 1.58 bits per heavy atom. The fourth-order valence-electron chi connectivity index (χ4n) is 3.57. The predicted octanol–water partition coefficient (Wildman–Crippen LogP) is 3.74. The van der Waals surface area contributed by atoms with Crippen LogP contribution in [-0.4, -0.2) is 42.4 Å². The van der Waals surface area contributed by atoms with Gasteiger partial charge in [0, 0.05) is 13.0 Å². The summed E-state index contributed by atoms with van der Waals surface area (Å²) in [4.78, 5) is 38.4. The van der Waals surface area contributed by atoms with Gasteiger partial charge in [-0.25, -0.2) is 0 Å². The summed E-state index contributed by atoms with van der Waals surface area (Å²) >= 11 is 0. The van der Waals surface area contributed by atoms with Crippen molar-refractivity contribution in [2.24, 2.45) is 0 Å². The largest absolute Gasteiger partial charge is 0.490 e. The molecular formula is C24H28N2O5. The van der Waals surface area contributed by atoms with E-state index in [1.165, 1.54) is 4.90 Å². The molecule has 1 N–H and O–H groups in total. The van der Waals surface area contributed by atoms with Crippen LogP contribution in [0.15, 0.2) is 42.5 Å². The molecule has 7 heteroatoms. The second kappa shape index (κ2) is 10.1. The monoisotopic (exact) mass is 424 g/mol. The summed E-state index contributed by atoms with van der Waals surface area (Å²) in [7, 11) is 0. The van der Waals surface area contributed by atoms with Crippen molar-refractivity contribution in [3.05, 3.63) is 59.2 Å². The molecule has 3 amide bonds. The Labute approximate surface area is 182 Å². The topological polar surface area (TPSA) is 84.9 Å². The van der Waals surface area contributed by atoms with Gasteiger partial charge in [-0.1, -0.05) is 18.2 Å². The molecule has 1 aliphatic rings. The van der Waals surface area contributed by atoms with Crippen LogP contribution in [0.1, 0.15) is 65.9 Å². The van der Waals surface area contributed by atoms with E-state index in [0.717, 1.165) is 5.56 Å². The van der Waals surface area contributed by atoms with Crippen molar-refractivity contribution in [3.63, 3.8) is 0 Å². The zero-order chi connectivity index (χ0) is 22.4. The van der Waals surface area contributed by atoms with Gasteiger partial charge in [-0.15, -0.1) is 0 Å². The first-order valence-corrected chi connectivity index (χ1v) is 10.6. The number of nitrogens with zero attached hydrogens (tertiary/aromatic N) is 1. The maximum absolute atomic E-state index is 12.4. The van der Waals surface area contributed by atoms with Crippen molar-refractivity contribution in [1.29, 1.82) is 0 Å². The third-order valence-corrected chi connectivity index (χ3v) is 5.11. The molecule has 0 fully saturated rings. The highest BCUT2D eigenvalue weighted by Crippen LogP contribution is 2.30. The molecule has 3 rings (SSSR count). The molecule has 2 aromatic rings. The molecule has 0 spiro atoms. The summed E-state index contributed by atoms with van der Waals surface area (Å²) in [5, 5.41) is 2.96. The van der Waals surface area contributed by atoms with Gasteiger partial charge in [-0.3, -0.25) is 19.3 Å². The SMILES string of the molecule is CCOc1ccc([C@H](C)NC(=O)CCCN2C(=O)c3ccccc3C2=O)cc1OCC. The molecule has 2 aromatic carbocycles. The number of amides is 3. The summed E-state index contributed by atoms with van der Waals surface area (Å²) in [6.45, 7) is 6.98. The molecule has 0 saturated heterocycles. The van der Waals surface area contributed by atoms with Crippen LogP contribution in [0.25, 0.3) is 0 Å². The number of ether oxygens (including phenoxy) is 2. The van der Waals surface area contributed by atoms with E-state index in [4.69, 9.17) is 9.47 Å². The zero-order valence-electron chi connectivity index (χ0n) is 18.1. The van der Waals surface area contributed by atoms with E-state index in [0.29, 0.717) is 42.3 Å². The Kier molecular flexibility index (Phi) is 7.28. The number of hydrogen-bond donors (Lipinski definition) is 1. The van der Waals surface area contributed by atoms with Gasteiger partial charge in [0.1, 0.15) is 0 Å². The first-order chi connectivity index (χ1) is 15.0. The third-order valence-electron chi connectivity index (χ3n) is 5.11. The average molecular weight is 424 g/mol. The van der Waals surface area contributed by atoms with Gasteiger partial charge in [0.05, 0.1) is 30.4 Å². The number of imide groups is 1. The lowest BCUT2D eigenvalue weighted by molar-refractivity contribution is -0.121. The first-order valence-electron chi connectivity index (χ1n) is 10.6. The molecule has 0 unspecified atom stereocenters. The van der Waals surface area contributed by atoms with Gasteiger partial charge >= 0.3 is 0 Å². The molecule has 0 saturated carbocycles. The first kappa shape index (κ1) is 22.3. The molecule has 31 heavy (non-hydrogen) atoms. The molecule has 164 valence electrons. The smallest absolute Gasteiger partial charge is 0.261 e. The molecule has 1 heterocycles. The molecular weight excluding hydrogens is 396 g/mol. The number of hydrogen-bond acceptors (Lipinski definition) is 5. The lowest BCUT2D eigenvalue weighted by atomic mass is 10.1. The third kappa shape index (κ3) is 5.05. The van der Waals surface area contributed by atoms with Gasteiger partial charge in [0.15, 0.2) is 11.5 Å². The predicted molar refractivity (Wildman–Crippen MR) is 116 cm³/mol. The summed E-state index contributed by atoms with van der Waals surface area (Å²) in [5.41, 5.74) is 1.75. The van der Waals surface area contributed by atoms with Crippen LogP contribution >= 0.6 is 0 Å². The fourth-order valence-corrected chi connectivity index (χ4v) is 3.57. The van der Waals surface area contributed by atoms with Crippen LogP contribution in [0.3, 0.4) is 0 Å². The summed E-state index contributed by atoms with van der Waals surface area (Å²) in [6.07, 6.45) is 0.616. The molecule has 0 aromatic heterocycles. The molecule has 1 atom stereocenters. The highest BCUT2D eigenvalue weighted by molar-refractivity contribution is 6.21. The Morgan fingerprint density at radius 1 is 0.968 bits per heavy atom. The fraction of sp³-hybridized carbons (Fsp3) is 0.375. The minimum Gasteiger partial charge on any atom is -0.490 e. The zero-order valence-corrected chi connectivity index (χ0v) is 18.1. The normalized spacial score (nSPS) is 13.7. The van der Waals surface area contributed by atoms with Crippen molar-refractivity contribution < 1.29 is 23.9 Å². The van der Waals surface area contributed by atoms with Crippen LogP contribution < -0.4 is 14.8 Å². The Hall–Kier alpha value is -3.35. The van der Waals surface area contributed by atoms with E-state index in [-0.39, 0.29) is 36.7 Å². The average Bonchev–Trinajstić information content (AvgIpc) is 3.00. The quantitative estimate of drug-likeness (QED) is 0.588. The number of fused-ring (bicyclic) bond motifs is 1. The van der Waals surface area contributed by atoms with Crippen LogP contribution in [0.2, 0.25) is 0 Å². The standard InChI is InChI=1S/C24H28N2O5/c1-4-30-20-13-12-17(15-21(20)31-5-2)16(3)25-22(27)11-8-14-26-23(28)18-9-6-7-10-19(18)24(26)29/h6-7,9-10,12-13,15-16H,4-5,8,11,14H2,1-3H3,(H,25,27)/t16-/m0/s1. The maximum atomic E-state index is 12.4. The van der Waals surface area contributed by atoms with Gasteiger partial charge in [0.2, 0.25) is 5.91 Å². The second-order valence-electron chi connectivity index (χ2n) is 7.27. The van der Waals surface area contributed by atoms with Gasteiger partial charge < -0.3 is 14.8 Å². The van der Waals surface area contributed by atoms with E-state index in [2.05, 4.69) is 5.32 Å². The van der Waals surface area contributed by atoms with E-state index >= 15 is 0 Å². The second-order valence-corrected chi connectivity index (χ2v) is 7.27. The van der Waals surface area contributed by atoms with Crippen molar-refractivity contribution in [2.45, 2.75) is 39.7 Å². The number of nitrogens with one attached hydrogen (secondary N) is 1. The lowest BCUT2D eigenvalue weighted by Gasteiger charge is -2.18. The minimum absolute atomic E-state index is 0.143. The van der Waals surface area contributed by atoms with E-state index in [1.807, 2.05) is 39.0 Å². The Balaban J connectivity index is 1.53. The minimum atomic E-state index is -0.299. The summed E-state index contributed by atoms with van der Waals surface area (Å²) in [6, 6.07) is 12.2. The molecule has 7 nitrogen and oxygen atoms in total. The number of rotatable bonds is 10. The molecule has 0 bridgehead atoms. The van der Waals surface area contributed by atoms with Crippen molar-refractivity contribution in [3.8, 4) is 11.5 Å². The summed E-state index contributed by atoms with van der Waals surface area (Å²) < 4.78 is 11.2. The summed E-state index contributed by atoms with van der Waals surface area (Å²) in [5.74, 6) is 0.580. The Morgan fingerprint density at radius 3 is 2.19 bits per heavy atom. The maximum Gasteiger partial charge on any atom is 0.261 e. The van der Waals surface area contributed by atoms with Crippen LogP contribution in [-0.2, 0) is 4.79 Å². The lowest BCUT2D eigenvalue weighted by Crippen LogP contribution is -2.32. The van der Waals surface area contributed by atoms with Crippen molar-refractivity contribution in [2.75, 3.05) is 19.8 Å². The van der Waals surface area contributed by atoms with Crippen molar-refractivity contribution in [1.82, 2.24) is 10.2 Å². The van der Waals surface area contributed by atoms with Crippen LogP contribution in [0.4, 0.5) is 0 Å². The number of carbonyl (C=O) groups is 3. The van der Waals surface area contributed by atoms with Gasteiger partial charge in [-0.2, -0.15) is 0 Å². The Bertz CT molecular complexity index is 937.